The second kappa shape index (κ2) is 7.71. The van der Waals surface area contributed by atoms with Gasteiger partial charge < -0.3 is 10.1 Å². The molecule has 0 aliphatic heterocycles. The molecule has 0 aliphatic rings. The van der Waals surface area contributed by atoms with Crippen molar-refractivity contribution in [3.05, 3.63) is 62.3 Å². The first-order valence-electron chi connectivity index (χ1n) is 6.39. The zero-order valence-electron chi connectivity index (χ0n) is 11.9. The van der Waals surface area contributed by atoms with Crippen LogP contribution in [0.25, 0.3) is 0 Å². The number of benzene rings is 1. The Morgan fingerprint density at radius 1 is 1.21 bits per heavy atom. The van der Waals surface area contributed by atoms with Crippen molar-refractivity contribution in [3.63, 3.8) is 0 Å². The molecule has 1 heterocycles. The van der Waals surface area contributed by atoms with Crippen LogP contribution in [0.5, 0.6) is 0 Å². The topological polar surface area (TPSA) is 111 Å². The Hall–Kier alpha value is -2.71. The zero-order chi connectivity index (χ0) is 17.7. The van der Waals surface area contributed by atoms with Crippen LogP contribution < -0.4 is 5.32 Å². The lowest BCUT2D eigenvalue weighted by Gasteiger charge is -2.06. The molecule has 2 rings (SSSR count). The number of nitrogens with zero attached hydrogens (tertiary/aromatic N) is 2. The number of amides is 1. The molecule has 0 atom stereocenters. The van der Waals surface area contributed by atoms with E-state index in [1.54, 1.807) is 0 Å². The number of nitrogens with one attached hydrogen (secondary N) is 1. The van der Waals surface area contributed by atoms with Gasteiger partial charge in [-0.2, -0.15) is 0 Å². The summed E-state index contributed by atoms with van der Waals surface area (Å²) in [4.78, 5) is 37.6. The van der Waals surface area contributed by atoms with Crippen LogP contribution in [0.1, 0.15) is 10.4 Å². The van der Waals surface area contributed by atoms with Crippen molar-refractivity contribution in [2.24, 2.45) is 0 Å². The second-order valence-corrected chi connectivity index (χ2v) is 5.28. The van der Waals surface area contributed by atoms with Crippen molar-refractivity contribution in [1.82, 2.24) is 4.98 Å². The fraction of sp³-hybridized carbons (Fsp3) is 0.0714. The van der Waals surface area contributed by atoms with Gasteiger partial charge in [0, 0.05) is 17.3 Å². The van der Waals surface area contributed by atoms with E-state index in [0.717, 1.165) is 12.1 Å². The highest BCUT2D eigenvalue weighted by Crippen LogP contribution is 2.23. The molecule has 10 heteroatoms. The van der Waals surface area contributed by atoms with Gasteiger partial charge >= 0.3 is 5.97 Å². The smallest absolute Gasteiger partial charge is 0.345 e. The number of nitro benzene ring substituents is 1. The predicted octanol–water partition coefficient (Wildman–Crippen LogP) is 3.09. The number of carbonyl (C=O) groups excluding carboxylic acids is 2. The van der Waals surface area contributed by atoms with E-state index >= 15 is 0 Å². The zero-order valence-corrected chi connectivity index (χ0v) is 13.4. The first-order chi connectivity index (χ1) is 11.4. The van der Waals surface area contributed by atoms with Crippen LogP contribution >= 0.6 is 23.2 Å². The number of rotatable bonds is 5. The number of halogens is 2. The van der Waals surface area contributed by atoms with Crippen molar-refractivity contribution in [2.45, 2.75) is 0 Å². The summed E-state index contributed by atoms with van der Waals surface area (Å²) in [5.41, 5.74) is -0.811. The first-order valence-corrected chi connectivity index (χ1v) is 7.15. The van der Waals surface area contributed by atoms with Crippen LogP contribution in [0.4, 0.5) is 11.5 Å². The Morgan fingerprint density at radius 3 is 2.54 bits per heavy atom. The van der Waals surface area contributed by atoms with E-state index in [4.69, 9.17) is 27.9 Å². The van der Waals surface area contributed by atoms with Crippen molar-refractivity contribution in [2.75, 3.05) is 11.9 Å². The highest BCUT2D eigenvalue weighted by atomic mass is 35.5. The van der Waals surface area contributed by atoms with Crippen molar-refractivity contribution < 1.29 is 19.2 Å². The van der Waals surface area contributed by atoms with Crippen LogP contribution in [0.15, 0.2) is 36.5 Å². The van der Waals surface area contributed by atoms with E-state index in [1.807, 2.05) is 0 Å². The van der Waals surface area contributed by atoms with Crippen molar-refractivity contribution >= 4 is 46.6 Å². The fourth-order valence-electron chi connectivity index (χ4n) is 1.67. The average molecular weight is 370 g/mol. The van der Waals surface area contributed by atoms with Crippen LogP contribution in [0, 0.1) is 10.1 Å². The number of hydrogen-bond donors (Lipinski definition) is 1. The molecule has 1 aromatic carbocycles. The maximum absolute atomic E-state index is 11.9. The molecule has 0 aliphatic carbocycles. The summed E-state index contributed by atoms with van der Waals surface area (Å²) in [7, 11) is 0. The predicted molar refractivity (Wildman–Crippen MR) is 86.3 cm³/mol. The normalized spacial score (nSPS) is 10.1. The lowest BCUT2D eigenvalue weighted by Crippen LogP contribution is -2.21. The van der Waals surface area contributed by atoms with E-state index in [-0.39, 0.29) is 16.4 Å². The van der Waals surface area contributed by atoms with E-state index in [9.17, 15) is 19.7 Å². The fourth-order valence-corrected chi connectivity index (χ4v) is 1.94. The van der Waals surface area contributed by atoms with Crippen LogP contribution in [-0.4, -0.2) is 28.4 Å². The Bertz CT molecular complexity index is 795. The second-order valence-electron chi connectivity index (χ2n) is 4.40. The maximum Gasteiger partial charge on any atom is 0.345 e. The number of ether oxygens (including phenoxy) is 1. The number of esters is 1. The lowest BCUT2D eigenvalue weighted by atomic mass is 10.2. The molecule has 124 valence electrons. The maximum atomic E-state index is 11.9. The molecule has 1 N–H and O–H groups in total. The Morgan fingerprint density at radius 2 is 1.92 bits per heavy atom. The number of aromatic nitrogens is 1. The van der Waals surface area contributed by atoms with Crippen molar-refractivity contribution in [3.8, 4) is 0 Å². The summed E-state index contributed by atoms with van der Waals surface area (Å²) in [6, 6.07) is 6.47. The number of hydrogen-bond acceptors (Lipinski definition) is 6. The third kappa shape index (κ3) is 4.64. The van der Waals surface area contributed by atoms with E-state index in [1.165, 1.54) is 24.4 Å². The van der Waals surface area contributed by atoms with Gasteiger partial charge in [0.05, 0.1) is 9.95 Å². The SMILES string of the molecule is O=C(COC(=O)c1ccc(Cl)cc1[N+](=O)[O-])Nc1ccc(Cl)cn1. The molecule has 1 aromatic heterocycles. The van der Waals surface area contributed by atoms with E-state index in [0.29, 0.717) is 5.02 Å². The lowest BCUT2D eigenvalue weighted by molar-refractivity contribution is -0.385. The van der Waals surface area contributed by atoms with Crippen LogP contribution in [-0.2, 0) is 9.53 Å². The van der Waals surface area contributed by atoms with E-state index in [2.05, 4.69) is 10.3 Å². The van der Waals surface area contributed by atoms with Gasteiger partial charge in [0.15, 0.2) is 6.61 Å². The van der Waals surface area contributed by atoms with Gasteiger partial charge in [-0.25, -0.2) is 9.78 Å². The molecule has 24 heavy (non-hydrogen) atoms. The van der Waals surface area contributed by atoms with Gasteiger partial charge in [0.2, 0.25) is 0 Å². The van der Waals surface area contributed by atoms with Gasteiger partial charge in [-0.15, -0.1) is 0 Å². The molecule has 0 saturated heterocycles. The summed E-state index contributed by atoms with van der Waals surface area (Å²) in [5, 5.41) is 13.8. The monoisotopic (exact) mass is 369 g/mol. The molecule has 0 radical (unpaired) electrons. The Labute approximate surface area is 145 Å². The van der Waals surface area contributed by atoms with Gasteiger partial charge in [-0.05, 0) is 24.3 Å². The Balaban J connectivity index is 1.99. The van der Waals surface area contributed by atoms with Gasteiger partial charge in [0.1, 0.15) is 11.4 Å². The summed E-state index contributed by atoms with van der Waals surface area (Å²) in [5.74, 6) is -1.45. The third-order valence-electron chi connectivity index (χ3n) is 2.71. The average Bonchev–Trinajstić information content (AvgIpc) is 2.54. The van der Waals surface area contributed by atoms with Crippen LogP contribution in [0.2, 0.25) is 10.0 Å². The summed E-state index contributed by atoms with van der Waals surface area (Å²) >= 11 is 11.3. The quantitative estimate of drug-likeness (QED) is 0.492. The van der Waals surface area contributed by atoms with Gasteiger partial charge in [-0.1, -0.05) is 23.2 Å². The van der Waals surface area contributed by atoms with Crippen LogP contribution in [0.3, 0.4) is 0 Å². The molecule has 2 aromatic rings. The molecule has 1 amide bonds. The molecular weight excluding hydrogens is 361 g/mol. The number of pyridine rings is 1. The number of anilines is 1. The molecule has 8 nitrogen and oxygen atoms in total. The largest absolute Gasteiger partial charge is 0.452 e. The molecule has 0 unspecified atom stereocenters. The molecule has 0 spiro atoms. The minimum absolute atomic E-state index is 0.102. The molecule has 0 bridgehead atoms. The number of nitro groups is 1. The minimum Gasteiger partial charge on any atom is -0.452 e. The minimum atomic E-state index is -1.02. The standard InChI is InChI=1S/C14H9Cl2N3O5/c15-8-1-3-10(11(5-8)19(22)23)14(21)24-7-13(20)18-12-4-2-9(16)6-17-12/h1-6H,7H2,(H,17,18,20). The Kier molecular flexibility index (Phi) is 5.67. The van der Waals surface area contributed by atoms with E-state index < -0.39 is 29.1 Å². The molecular formula is C14H9Cl2N3O5. The molecule has 0 fully saturated rings. The van der Waals surface area contributed by atoms with Gasteiger partial charge in [-0.3, -0.25) is 14.9 Å². The number of carbonyl (C=O) groups is 2. The third-order valence-corrected chi connectivity index (χ3v) is 3.16. The molecule has 0 saturated carbocycles. The first kappa shape index (κ1) is 17.6. The van der Waals surface area contributed by atoms with Gasteiger partial charge in [0.25, 0.3) is 11.6 Å². The highest BCUT2D eigenvalue weighted by molar-refractivity contribution is 6.31. The summed E-state index contributed by atoms with van der Waals surface area (Å²) < 4.78 is 4.76. The highest BCUT2D eigenvalue weighted by Gasteiger charge is 2.22. The summed E-state index contributed by atoms with van der Waals surface area (Å²) in [6.07, 6.45) is 1.33. The summed E-state index contributed by atoms with van der Waals surface area (Å²) in [6.45, 7) is -0.636. The van der Waals surface area contributed by atoms with Crippen molar-refractivity contribution in [1.29, 1.82) is 0 Å².